The molecule has 2 heterocycles. The molecule has 3 aliphatic rings. The highest BCUT2D eigenvalue weighted by Gasteiger charge is 2.40. The van der Waals surface area contributed by atoms with E-state index in [1.54, 1.807) is 4.90 Å². The smallest absolute Gasteiger partial charge is 0.259 e. The van der Waals surface area contributed by atoms with Crippen LogP contribution in [0, 0.1) is 0 Å². The number of hydrogen-bond acceptors (Lipinski definition) is 5. The fourth-order valence-corrected chi connectivity index (χ4v) is 6.29. The Labute approximate surface area is 219 Å². The number of imide groups is 1. The minimum atomic E-state index is -0.646. The molecule has 3 amide bonds. The monoisotopic (exact) mass is 504 g/mol. The Morgan fingerprint density at radius 3 is 2.59 bits per heavy atom. The topological polar surface area (TPSA) is 81.8 Å². The summed E-state index contributed by atoms with van der Waals surface area (Å²) >= 11 is 0. The molecule has 0 spiro atoms. The van der Waals surface area contributed by atoms with Gasteiger partial charge in [0.25, 0.3) is 5.91 Å². The van der Waals surface area contributed by atoms with Crippen molar-refractivity contribution in [2.45, 2.75) is 89.3 Å². The molecule has 5 rings (SSSR count). The van der Waals surface area contributed by atoms with Gasteiger partial charge in [-0.2, -0.15) is 0 Å². The van der Waals surface area contributed by atoms with Crippen LogP contribution in [0.25, 0.3) is 10.8 Å². The Morgan fingerprint density at radius 2 is 1.78 bits per heavy atom. The minimum Gasteiger partial charge on any atom is -0.314 e. The van der Waals surface area contributed by atoms with Crippen molar-refractivity contribution in [2.24, 2.45) is 0 Å². The number of carbonyl (C=O) groups is 3. The molecular weight excluding hydrogens is 464 g/mol. The first kappa shape index (κ1) is 25.9. The molecule has 2 fully saturated rings. The minimum absolute atomic E-state index is 0.154. The Kier molecular flexibility index (Phi) is 8.20. The second kappa shape index (κ2) is 11.7. The highest BCUT2D eigenvalue weighted by Crippen LogP contribution is 2.41. The second-order valence-electron chi connectivity index (χ2n) is 11.1. The van der Waals surface area contributed by atoms with Crippen molar-refractivity contribution in [1.29, 1.82) is 0 Å². The summed E-state index contributed by atoms with van der Waals surface area (Å²) in [7, 11) is 2.16. The van der Waals surface area contributed by atoms with Crippen molar-refractivity contribution in [3.63, 3.8) is 0 Å². The summed E-state index contributed by atoms with van der Waals surface area (Å²) in [6, 6.07) is 10.0. The van der Waals surface area contributed by atoms with Gasteiger partial charge in [0.1, 0.15) is 6.04 Å². The van der Waals surface area contributed by atoms with Crippen LogP contribution in [0.4, 0.5) is 5.69 Å². The Bertz CT molecular complexity index is 1160. The number of anilines is 1. The maximum atomic E-state index is 13.3. The van der Waals surface area contributed by atoms with Crippen LogP contribution in [0.5, 0.6) is 0 Å². The number of piperidine rings is 1. The van der Waals surface area contributed by atoms with Gasteiger partial charge in [0.05, 0.1) is 5.69 Å². The van der Waals surface area contributed by atoms with E-state index in [-0.39, 0.29) is 24.1 Å². The highest BCUT2D eigenvalue weighted by molar-refractivity contribution is 6.27. The first-order valence-electron chi connectivity index (χ1n) is 14.2. The summed E-state index contributed by atoms with van der Waals surface area (Å²) in [5, 5.41) is 8.13. The third kappa shape index (κ3) is 5.73. The van der Waals surface area contributed by atoms with Crippen molar-refractivity contribution in [1.82, 2.24) is 15.5 Å². The van der Waals surface area contributed by atoms with Crippen molar-refractivity contribution in [3.8, 4) is 0 Å². The highest BCUT2D eigenvalue weighted by atomic mass is 16.2. The summed E-state index contributed by atoms with van der Waals surface area (Å²) in [6.45, 7) is 3.01. The van der Waals surface area contributed by atoms with Crippen LogP contribution in [-0.4, -0.2) is 54.8 Å². The lowest BCUT2D eigenvalue weighted by Crippen LogP contribution is -2.53. The van der Waals surface area contributed by atoms with Crippen LogP contribution in [0.1, 0.15) is 86.6 Å². The van der Waals surface area contributed by atoms with Gasteiger partial charge in [0.15, 0.2) is 0 Å². The molecule has 2 aromatic rings. The number of carbonyl (C=O) groups excluding carboxylic acids is 3. The molecule has 2 aromatic carbocycles. The van der Waals surface area contributed by atoms with E-state index in [4.69, 9.17) is 0 Å². The predicted octanol–water partition coefficient (Wildman–Crippen LogP) is 4.52. The molecule has 1 saturated carbocycles. The first-order chi connectivity index (χ1) is 18.0. The van der Waals surface area contributed by atoms with Gasteiger partial charge in [-0.1, -0.05) is 50.3 Å². The molecule has 1 aliphatic carbocycles. The number of nitrogens with zero attached hydrogens (tertiary/aromatic N) is 2. The molecule has 7 nitrogen and oxygen atoms in total. The Morgan fingerprint density at radius 1 is 0.973 bits per heavy atom. The zero-order valence-corrected chi connectivity index (χ0v) is 22.1. The number of benzene rings is 2. The second-order valence-corrected chi connectivity index (χ2v) is 11.1. The van der Waals surface area contributed by atoms with E-state index >= 15 is 0 Å². The molecule has 1 unspecified atom stereocenters. The maximum Gasteiger partial charge on any atom is 0.259 e. The molecule has 0 radical (unpaired) electrons. The van der Waals surface area contributed by atoms with E-state index in [2.05, 4.69) is 34.7 Å². The molecule has 37 heavy (non-hydrogen) atoms. The average Bonchev–Trinajstić information content (AvgIpc) is 3.18. The lowest BCUT2D eigenvalue weighted by Gasteiger charge is -2.30. The SMILES string of the molecule is CN(CCCCCCNC1CCCCC1)Cc1ccc2c3c(cccc13)C(=O)N2C1CCC(=O)NC1=O. The van der Waals surface area contributed by atoms with E-state index in [1.165, 1.54) is 63.4 Å². The fourth-order valence-electron chi connectivity index (χ4n) is 6.29. The summed E-state index contributed by atoms with van der Waals surface area (Å²) in [4.78, 5) is 41.4. The summed E-state index contributed by atoms with van der Waals surface area (Å²) < 4.78 is 0. The van der Waals surface area contributed by atoms with Crippen molar-refractivity contribution in [3.05, 3.63) is 41.5 Å². The van der Waals surface area contributed by atoms with E-state index in [9.17, 15) is 14.4 Å². The molecular formula is C30H40N4O3. The molecule has 1 atom stereocenters. The number of hydrogen-bond donors (Lipinski definition) is 2. The van der Waals surface area contributed by atoms with Crippen LogP contribution in [-0.2, 0) is 16.1 Å². The lowest BCUT2D eigenvalue weighted by molar-refractivity contribution is -0.134. The van der Waals surface area contributed by atoms with Crippen LogP contribution < -0.4 is 15.5 Å². The van der Waals surface area contributed by atoms with E-state index in [0.717, 1.165) is 42.1 Å². The van der Waals surface area contributed by atoms with Gasteiger partial charge in [-0.05, 0) is 75.3 Å². The first-order valence-corrected chi connectivity index (χ1v) is 14.2. The maximum absolute atomic E-state index is 13.3. The summed E-state index contributed by atoms with van der Waals surface area (Å²) in [6.07, 6.45) is 12.4. The molecule has 0 aromatic heterocycles. The average molecular weight is 505 g/mol. The quantitative estimate of drug-likeness (QED) is 0.347. The van der Waals surface area contributed by atoms with E-state index in [1.807, 2.05) is 18.2 Å². The fraction of sp³-hybridized carbons (Fsp3) is 0.567. The molecule has 2 N–H and O–H groups in total. The largest absolute Gasteiger partial charge is 0.314 e. The van der Waals surface area contributed by atoms with Crippen LogP contribution >= 0.6 is 0 Å². The van der Waals surface area contributed by atoms with Gasteiger partial charge in [-0.25, -0.2) is 0 Å². The molecule has 0 bridgehead atoms. The summed E-state index contributed by atoms with van der Waals surface area (Å²) in [5.74, 6) is -0.817. The molecule has 7 heteroatoms. The number of unbranched alkanes of at least 4 members (excludes halogenated alkanes) is 3. The van der Waals surface area contributed by atoms with Gasteiger partial charge in [-0.15, -0.1) is 0 Å². The van der Waals surface area contributed by atoms with Crippen LogP contribution in [0.3, 0.4) is 0 Å². The van der Waals surface area contributed by atoms with Crippen molar-refractivity contribution < 1.29 is 14.4 Å². The van der Waals surface area contributed by atoms with Gasteiger partial charge in [-0.3, -0.25) is 24.6 Å². The lowest BCUT2D eigenvalue weighted by atomic mass is 9.95. The normalized spacial score (nSPS) is 20.3. The zero-order chi connectivity index (χ0) is 25.8. The van der Waals surface area contributed by atoms with Crippen LogP contribution in [0.15, 0.2) is 30.3 Å². The predicted molar refractivity (Wildman–Crippen MR) is 147 cm³/mol. The third-order valence-corrected chi connectivity index (χ3v) is 8.28. The number of nitrogens with one attached hydrogen (secondary N) is 2. The Hall–Kier alpha value is -2.77. The van der Waals surface area contributed by atoms with Gasteiger partial charge in [0.2, 0.25) is 11.8 Å². The number of amides is 3. The molecule has 1 saturated heterocycles. The standard InChI is InChI=1S/C30H40N4O3/c1-33(19-8-3-2-7-18-31-22-10-5-4-6-11-22)20-21-14-15-25-28-23(21)12-9-13-24(28)30(37)34(25)26-16-17-27(35)32-29(26)36/h9,12-15,22,26,31H,2-8,10-11,16-20H2,1H3,(H,32,35,36). The Balaban J connectivity index is 1.15. The molecule has 2 aliphatic heterocycles. The van der Waals surface area contributed by atoms with E-state index < -0.39 is 6.04 Å². The van der Waals surface area contributed by atoms with Gasteiger partial charge in [0, 0.05) is 30.0 Å². The van der Waals surface area contributed by atoms with Crippen molar-refractivity contribution in [2.75, 3.05) is 25.0 Å². The summed E-state index contributed by atoms with van der Waals surface area (Å²) in [5.41, 5.74) is 2.61. The zero-order valence-electron chi connectivity index (χ0n) is 22.1. The number of rotatable bonds is 11. The molecule has 198 valence electrons. The van der Waals surface area contributed by atoms with Crippen LogP contribution in [0.2, 0.25) is 0 Å². The third-order valence-electron chi connectivity index (χ3n) is 8.28. The van der Waals surface area contributed by atoms with E-state index in [0.29, 0.717) is 12.0 Å². The van der Waals surface area contributed by atoms with Gasteiger partial charge >= 0.3 is 0 Å². The van der Waals surface area contributed by atoms with Gasteiger partial charge < -0.3 is 10.2 Å². The van der Waals surface area contributed by atoms with Crippen molar-refractivity contribution >= 4 is 34.2 Å².